The first-order valence-corrected chi connectivity index (χ1v) is 6.31. The van der Waals surface area contributed by atoms with Crippen molar-refractivity contribution in [2.24, 2.45) is 0 Å². The Bertz CT molecular complexity index is 680. The molecule has 22 heavy (non-hydrogen) atoms. The van der Waals surface area contributed by atoms with E-state index in [0.29, 0.717) is 5.56 Å². The lowest BCUT2D eigenvalue weighted by molar-refractivity contribution is -0.141. The number of aromatic amines is 1. The van der Waals surface area contributed by atoms with Gasteiger partial charge in [-0.05, 0) is 24.6 Å². The summed E-state index contributed by atoms with van der Waals surface area (Å²) in [5.41, 5.74) is -0.684. The molecule has 0 atom stereocenters. The van der Waals surface area contributed by atoms with Gasteiger partial charge in [0.05, 0.1) is 18.4 Å². The summed E-state index contributed by atoms with van der Waals surface area (Å²) in [5, 5.41) is 5.19. The van der Waals surface area contributed by atoms with Gasteiger partial charge in [-0.15, -0.1) is 0 Å². The number of aromatic nitrogens is 2. The van der Waals surface area contributed by atoms with Crippen LogP contribution < -0.4 is 0 Å². The smallest absolute Gasteiger partial charge is 0.433 e. The van der Waals surface area contributed by atoms with Crippen LogP contribution in [-0.2, 0) is 17.3 Å². The minimum absolute atomic E-state index is 0.00587. The molecule has 0 fully saturated rings. The third kappa shape index (κ3) is 3.63. The van der Waals surface area contributed by atoms with E-state index in [1.54, 1.807) is 6.92 Å². The van der Waals surface area contributed by atoms with Crippen molar-refractivity contribution in [2.45, 2.75) is 19.5 Å². The zero-order chi connectivity index (χ0) is 16.3. The number of hydrogen-bond donors (Lipinski definition) is 1. The van der Waals surface area contributed by atoms with Gasteiger partial charge in [0.15, 0.2) is 0 Å². The van der Waals surface area contributed by atoms with Crippen LogP contribution in [0.25, 0.3) is 0 Å². The first-order valence-electron chi connectivity index (χ1n) is 6.31. The molecule has 0 unspecified atom stereocenters. The highest BCUT2D eigenvalue weighted by atomic mass is 19.4. The number of ether oxygens (including phenoxy) is 1. The summed E-state index contributed by atoms with van der Waals surface area (Å²) in [6.45, 7) is 1.28. The van der Waals surface area contributed by atoms with E-state index in [1.807, 2.05) is 5.10 Å². The Morgan fingerprint density at radius 3 is 2.73 bits per heavy atom. The standard InChI is InChI=1S/C14H12F4N2O2/c1-8-2-3-9(6-11(8)15)13(21)22-5-4-10-7-19-20-12(10)14(16,17)18/h2-3,6-7H,4-5H2,1H3,(H,19,20). The van der Waals surface area contributed by atoms with Crippen molar-refractivity contribution in [3.05, 3.63) is 52.6 Å². The molecule has 0 radical (unpaired) electrons. The van der Waals surface area contributed by atoms with Crippen LogP contribution in [0.1, 0.15) is 27.2 Å². The second-order valence-electron chi connectivity index (χ2n) is 4.62. The number of hydrogen-bond acceptors (Lipinski definition) is 3. The van der Waals surface area contributed by atoms with Crippen LogP contribution >= 0.6 is 0 Å². The van der Waals surface area contributed by atoms with Crippen molar-refractivity contribution in [3.8, 4) is 0 Å². The fraction of sp³-hybridized carbons (Fsp3) is 0.286. The van der Waals surface area contributed by atoms with Crippen LogP contribution in [0.15, 0.2) is 24.4 Å². The van der Waals surface area contributed by atoms with Gasteiger partial charge in [-0.25, -0.2) is 9.18 Å². The highest BCUT2D eigenvalue weighted by Crippen LogP contribution is 2.30. The number of alkyl halides is 3. The first kappa shape index (κ1) is 16.0. The molecule has 1 heterocycles. The van der Waals surface area contributed by atoms with E-state index >= 15 is 0 Å². The number of carbonyl (C=O) groups is 1. The number of esters is 1. The van der Waals surface area contributed by atoms with Crippen LogP contribution in [0, 0.1) is 12.7 Å². The van der Waals surface area contributed by atoms with E-state index in [4.69, 9.17) is 4.74 Å². The Hall–Kier alpha value is -2.38. The van der Waals surface area contributed by atoms with E-state index in [9.17, 15) is 22.4 Å². The zero-order valence-corrected chi connectivity index (χ0v) is 11.5. The predicted molar refractivity (Wildman–Crippen MR) is 68.7 cm³/mol. The SMILES string of the molecule is Cc1ccc(C(=O)OCCc2cn[nH]c2C(F)(F)F)cc1F. The van der Waals surface area contributed by atoms with Crippen molar-refractivity contribution in [3.63, 3.8) is 0 Å². The molecule has 118 valence electrons. The van der Waals surface area contributed by atoms with E-state index in [1.165, 1.54) is 12.1 Å². The monoisotopic (exact) mass is 316 g/mol. The number of rotatable bonds is 4. The zero-order valence-electron chi connectivity index (χ0n) is 11.5. The number of nitrogens with zero attached hydrogens (tertiary/aromatic N) is 1. The normalized spacial score (nSPS) is 11.5. The quantitative estimate of drug-likeness (QED) is 0.696. The van der Waals surface area contributed by atoms with Crippen molar-refractivity contribution in [1.82, 2.24) is 10.2 Å². The lowest BCUT2D eigenvalue weighted by atomic mass is 10.1. The third-order valence-electron chi connectivity index (χ3n) is 3.01. The second-order valence-corrected chi connectivity index (χ2v) is 4.62. The van der Waals surface area contributed by atoms with Gasteiger partial charge in [-0.1, -0.05) is 6.07 Å². The summed E-state index contributed by atoms with van der Waals surface area (Å²) < 4.78 is 56.0. The number of carbonyl (C=O) groups excluding carboxylic acids is 1. The molecular weight excluding hydrogens is 304 g/mol. The second kappa shape index (κ2) is 6.17. The number of benzene rings is 1. The molecule has 0 aliphatic carbocycles. The summed E-state index contributed by atoms with van der Waals surface area (Å²) in [5.74, 6) is -1.35. The topological polar surface area (TPSA) is 55.0 Å². The number of H-pyrrole nitrogens is 1. The minimum atomic E-state index is -4.55. The Morgan fingerprint density at radius 2 is 2.09 bits per heavy atom. The minimum Gasteiger partial charge on any atom is -0.462 e. The van der Waals surface area contributed by atoms with Crippen LogP contribution in [0.5, 0.6) is 0 Å². The lowest BCUT2D eigenvalue weighted by Gasteiger charge is -2.08. The molecule has 0 spiro atoms. The summed E-state index contributed by atoms with van der Waals surface area (Å²) in [7, 11) is 0. The molecule has 0 bridgehead atoms. The van der Waals surface area contributed by atoms with Crippen LogP contribution in [0.4, 0.5) is 17.6 Å². The molecular formula is C14H12F4N2O2. The molecule has 1 aromatic carbocycles. The highest BCUT2D eigenvalue weighted by molar-refractivity contribution is 5.89. The van der Waals surface area contributed by atoms with Gasteiger partial charge in [0.1, 0.15) is 11.5 Å². The van der Waals surface area contributed by atoms with Gasteiger partial charge in [0.25, 0.3) is 0 Å². The Balaban J connectivity index is 1.95. The predicted octanol–water partition coefficient (Wildman–Crippen LogP) is 3.28. The maximum atomic E-state index is 13.3. The number of aryl methyl sites for hydroxylation is 1. The van der Waals surface area contributed by atoms with Gasteiger partial charge in [-0.3, -0.25) is 5.10 Å². The maximum absolute atomic E-state index is 13.3. The maximum Gasteiger partial charge on any atom is 0.433 e. The van der Waals surface area contributed by atoms with Gasteiger partial charge in [0.2, 0.25) is 0 Å². The summed E-state index contributed by atoms with van der Waals surface area (Å²) >= 11 is 0. The van der Waals surface area contributed by atoms with Gasteiger partial charge >= 0.3 is 12.1 Å². The molecule has 0 saturated carbocycles. The molecule has 2 aromatic rings. The molecule has 0 aliphatic rings. The molecule has 2 rings (SSSR count). The van der Waals surface area contributed by atoms with Gasteiger partial charge < -0.3 is 4.74 Å². The van der Waals surface area contributed by atoms with E-state index < -0.39 is 23.7 Å². The van der Waals surface area contributed by atoms with Crippen LogP contribution in [-0.4, -0.2) is 22.8 Å². The highest BCUT2D eigenvalue weighted by Gasteiger charge is 2.35. The molecule has 0 aliphatic heterocycles. The Labute approximate surface area is 123 Å². The lowest BCUT2D eigenvalue weighted by Crippen LogP contribution is -2.12. The molecule has 4 nitrogen and oxygen atoms in total. The first-order chi connectivity index (χ1) is 10.3. The molecule has 8 heteroatoms. The van der Waals surface area contributed by atoms with Crippen molar-refractivity contribution < 1.29 is 27.1 Å². The molecule has 0 amide bonds. The fourth-order valence-electron chi connectivity index (χ4n) is 1.80. The summed E-state index contributed by atoms with van der Waals surface area (Å²) in [4.78, 5) is 11.7. The Kier molecular flexibility index (Phi) is 4.48. The number of halogens is 4. The molecule has 1 N–H and O–H groups in total. The van der Waals surface area contributed by atoms with E-state index in [-0.39, 0.29) is 24.2 Å². The van der Waals surface area contributed by atoms with Crippen molar-refractivity contribution >= 4 is 5.97 Å². The average Bonchev–Trinajstić information content (AvgIpc) is 2.90. The van der Waals surface area contributed by atoms with Crippen molar-refractivity contribution in [1.29, 1.82) is 0 Å². The summed E-state index contributed by atoms with van der Waals surface area (Å²) in [6, 6.07) is 3.83. The fourth-order valence-corrected chi connectivity index (χ4v) is 1.80. The van der Waals surface area contributed by atoms with Gasteiger partial charge in [0, 0.05) is 12.0 Å². The number of nitrogens with one attached hydrogen (secondary N) is 1. The van der Waals surface area contributed by atoms with E-state index in [0.717, 1.165) is 12.3 Å². The third-order valence-corrected chi connectivity index (χ3v) is 3.01. The van der Waals surface area contributed by atoms with Crippen molar-refractivity contribution in [2.75, 3.05) is 6.61 Å². The molecule has 0 saturated heterocycles. The Morgan fingerprint density at radius 1 is 1.36 bits per heavy atom. The van der Waals surface area contributed by atoms with Crippen LogP contribution in [0.3, 0.4) is 0 Å². The average molecular weight is 316 g/mol. The van der Waals surface area contributed by atoms with Gasteiger partial charge in [-0.2, -0.15) is 18.3 Å². The largest absolute Gasteiger partial charge is 0.462 e. The van der Waals surface area contributed by atoms with Crippen LogP contribution in [0.2, 0.25) is 0 Å². The summed E-state index contributed by atoms with van der Waals surface area (Å²) in [6.07, 6.45) is -3.66. The van der Waals surface area contributed by atoms with E-state index in [2.05, 4.69) is 5.10 Å². The molecule has 1 aromatic heterocycles.